The third-order valence-corrected chi connectivity index (χ3v) is 2.55. The lowest BCUT2D eigenvalue weighted by Crippen LogP contribution is -1.91. The number of benzene rings is 2. The minimum absolute atomic E-state index is 0.124. The Kier molecular flexibility index (Phi) is 3.22. The molecule has 2 aromatic carbocycles. The van der Waals surface area contributed by atoms with Crippen LogP contribution >= 0.6 is 0 Å². The second-order valence-electron chi connectivity index (χ2n) is 3.69. The highest BCUT2D eigenvalue weighted by molar-refractivity contribution is 5.70. The summed E-state index contributed by atoms with van der Waals surface area (Å²) >= 11 is 0. The summed E-state index contributed by atoms with van der Waals surface area (Å²) in [6, 6.07) is 15.2. The van der Waals surface area contributed by atoms with E-state index in [4.69, 9.17) is 5.11 Å². The molecule has 0 aliphatic rings. The predicted molar refractivity (Wildman–Crippen MR) is 64.3 cm³/mol. The summed E-state index contributed by atoms with van der Waals surface area (Å²) in [7, 11) is 0. The minimum atomic E-state index is 0.124. The molecular weight excluding hydrogens is 200 g/mol. The van der Waals surface area contributed by atoms with Gasteiger partial charge in [-0.25, -0.2) is 0 Å². The summed E-state index contributed by atoms with van der Waals surface area (Å²) in [4.78, 5) is 0. The van der Waals surface area contributed by atoms with Crippen LogP contribution in [0, 0.1) is 0 Å². The number of phenolic OH excluding ortho intramolecular Hbond substituents is 1. The molecule has 2 N–H and O–H groups in total. The smallest absolute Gasteiger partial charge is 0.123 e. The van der Waals surface area contributed by atoms with Crippen LogP contribution in [0.5, 0.6) is 5.75 Å². The second-order valence-corrected chi connectivity index (χ2v) is 3.69. The molecular formula is C14H14O2. The van der Waals surface area contributed by atoms with Crippen molar-refractivity contribution in [1.29, 1.82) is 0 Å². The highest BCUT2D eigenvalue weighted by Crippen LogP contribution is 2.29. The summed E-state index contributed by atoms with van der Waals surface area (Å²) in [5.74, 6) is 0.271. The molecule has 0 saturated heterocycles. The van der Waals surface area contributed by atoms with Crippen molar-refractivity contribution in [3.8, 4) is 16.9 Å². The molecule has 0 radical (unpaired) electrons. The maximum absolute atomic E-state index is 9.79. The van der Waals surface area contributed by atoms with Crippen LogP contribution in [0.4, 0.5) is 0 Å². The van der Waals surface area contributed by atoms with Crippen molar-refractivity contribution in [2.24, 2.45) is 0 Å². The Morgan fingerprint density at radius 3 is 2.38 bits per heavy atom. The molecule has 2 nitrogen and oxygen atoms in total. The van der Waals surface area contributed by atoms with Crippen molar-refractivity contribution in [2.75, 3.05) is 6.61 Å². The summed E-state index contributed by atoms with van der Waals surface area (Å²) in [5, 5.41) is 18.7. The van der Waals surface area contributed by atoms with Crippen LogP contribution in [0.25, 0.3) is 11.1 Å². The molecule has 0 aliphatic carbocycles. The molecule has 0 aromatic heterocycles. The first-order chi connectivity index (χ1) is 7.81. The monoisotopic (exact) mass is 214 g/mol. The van der Waals surface area contributed by atoms with E-state index in [0.717, 1.165) is 16.7 Å². The molecule has 0 amide bonds. The Morgan fingerprint density at radius 2 is 1.69 bits per heavy atom. The van der Waals surface area contributed by atoms with Gasteiger partial charge in [0.1, 0.15) is 5.75 Å². The number of aliphatic hydroxyl groups is 1. The van der Waals surface area contributed by atoms with Crippen molar-refractivity contribution in [2.45, 2.75) is 6.42 Å². The van der Waals surface area contributed by atoms with Gasteiger partial charge in [0.05, 0.1) is 0 Å². The number of rotatable bonds is 3. The molecule has 2 heteroatoms. The Morgan fingerprint density at radius 1 is 0.938 bits per heavy atom. The minimum Gasteiger partial charge on any atom is -0.507 e. The van der Waals surface area contributed by atoms with Gasteiger partial charge >= 0.3 is 0 Å². The van der Waals surface area contributed by atoms with E-state index in [1.807, 2.05) is 42.5 Å². The van der Waals surface area contributed by atoms with Crippen LogP contribution in [0.15, 0.2) is 48.5 Å². The lowest BCUT2D eigenvalue weighted by atomic mass is 10.0. The molecule has 0 atom stereocenters. The molecule has 0 heterocycles. The van der Waals surface area contributed by atoms with E-state index in [1.165, 1.54) is 0 Å². The van der Waals surface area contributed by atoms with Gasteiger partial charge in [0, 0.05) is 12.2 Å². The zero-order valence-corrected chi connectivity index (χ0v) is 8.93. The number of phenols is 1. The van der Waals surface area contributed by atoms with E-state index in [9.17, 15) is 5.11 Å². The molecule has 0 bridgehead atoms. The molecule has 0 aliphatic heterocycles. The van der Waals surface area contributed by atoms with Crippen LogP contribution in [0.3, 0.4) is 0 Å². The SMILES string of the molecule is OCCc1ccc(O)c(-c2ccccc2)c1. The highest BCUT2D eigenvalue weighted by Gasteiger charge is 2.04. The van der Waals surface area contributed by atoms with Gasteiger partial charge in [0.15, 0.2) is 0 Å². The molecule has 0 saturated carbocycles. The first-order valence-electron chi connectivity index (χ1n) is 5.29. The molecule has 0 spiro atoms. The zero-order chi connectivity index (χ0) is 11.4. The van der Waals surface area contributed by atoms with Crippen LogP contribution in [0.1, 0.15) is 5.56 Å². The van der Waals surface area contributed by atoms with Crippen LogP contribution in [-0.2, 0) is 6.42 Å². The fourth-order valence-electron chi connectivity index (χ4n) is 1.72. The summed E-state index contributed by atoms with van der Waals surface area (Å²) < 4.78 is 0. The van der Waals surface area contributed by atoms with Gasteiger partial charge in [-0.2, -0.15) is 0 Å². The number of hydrogen-bond acceptors (Lipinski definition) is 2. The van der Waals surface area contributed by atoms with Gasteiger partial charge in [-0.15, -0.1) is 0 Å². The van der Waals surface area contributed by atoms with Crippen molar-refractivity contribution < 1.29 is 10.2 Å². The van der Waals surface area contributed by atoms with E-state index in [0.29, 0.717) is 6.42 Å². The summed E-state index contributed by atoms with van der Waals surface area (Å²) in [6.45, 7) is 0.124. The quantitative estimate of drug-likeness (QED) is 0.824. The number of aliphatic hydroxyl groups excluding tert-OH is 1. The van der Waals surface area contributed by atoms with Gasteiger partial charge in [-0.3, -0.25) is 0 Å². The largest absolute Gasteiger partial charge is 0.507 e. The summed E-state index contributed by atoms with van der Waals surface area (Å²) in [6.07, 6.45) is 0.611. The van der Waals surface area contributed by atoms with E-state index in [-0.39, 0.29) is 12.4 Å². The van der Waals surface area contributed by atoms with Gasteiger partial charge in [-0.1, -0.05) is 36.4 Å². The third-order valence-electron chi connectivity index (χ3n) is 2.55. The number of hydrogen-bond donors (Lipinski definition) is 2. The first-order valence-corrected chi connectivity index (χ1v) is 5.29. The lowest BCUT2D eigenvalue weighted by Gasteiger charge is -2.07. The zero-order valence-electron chi connectivity index (χ0n) is 8.93. The molecule has 0 fully saturated rings. The van der Waals surface area contributed by atoms with Crippen molar-refractivity contribution in [3.05, 3.63) is 54.1 Å². The van der Waals surface area contributed by atoms with Crippen LogP contribution < -0.4 is 0 Å². The molecule has 2 rings (SSSR count). The topological polar surface area (TPSA) is 40.5 Å². The lowest BCUT2D eigenvalue weighted by molar-refractivity contribution is 0.299. The van der Waals surface area contributed by atoms with E-state index < -0.39 is 0 Å². The van der Waals surface area contributed by atoms with Crippen molar-refractivity contribution in [3.63, 3.8) is 0 Å². The van der Waals surface area contributed by atoms with Crippen LogP contribution in [0.2, 0.25) is 0 Å². The molecule has 82 valence electrons. The number of aromatic hydroxyl groups is 1. The van der Waals surface area contributed by atoms with Gasteiger partial charge in [-0.05, 0) is 29.7 Å². The fourth-order valence-corrected chi connectivity index (χ4v) is 1.72. The van der Waals surface area contributed by atoms with Gasteiger partial charge in [0.2, 0.25) is 0 Å². The standard InChI is InChI=1S/C14H14O2/c15-9-8-11-6-7-14(16)13(10-11)12-4-2-1-3-5-12/h1-7,10,15-16H,8-9H2. The van der Waals surface area contributed by atoms with E-state index >= 15 is 0 Å². The third kappa shape index (κ3) is 2.23. The fraction of sp³-hybridized carbons (Fsp3) is 0.143. The molecule has 0 unspecified atom stereocenters. The van der Waals surface area contributed by atoms with Crippen molar-refractivity contribution in [1.82, 2.24) is 0 Å². The average Bonchev–Trinajstić information content (AvgIpc) is 2.33. The highest BCUT2D eigenvalue weighted by atomic mass is 16.3. The predicted octanol–water partition coefficient (Wildman–Crippen LogP) is 2.59. The Balaban J connectivity index is 2.43. The molecule has 2 aromatic rings. The van der Waals surface area contributed by atoms with Crippen molar-refractivity contribution >= 4 is 0 Å². The van der Waals surface area contributed by atoms with Crippen LogP contribution in [-0.4, -0.2) is 16.8 Å². The maximum Gasteiger partial charge on any atom is 0.123 e. The first kappa shape index (κ1) is 10.7. The molecule has 16 heavy (non-hydrogen) atoms. The summed E-state index contributed by atoms with van der Waals surface area (Å²) in [5.41, 5.74) is 2.82. The Bertz CT molecular complexity index is 463. The van der Waals surface area contributed by atoms with Gasteiger partial charge < -0.3 is 10.2 Å². The Labute approximate surface area is 94.8 Å². The van der Waals surface area contributed by atoms with Gasteiger partial charge in [0.25, 0.3) is 0 Å². The second kappa shape index (κ2) is 4.81. The van der Waals surface area contributed by atoms with E-state index in [1.54, 1.807) is 6.07 Å². The normalized spacial score (nSPS) is 10.3. The Hall–Kier alpha value is -1.80. The van der Waals surface area contributed by atoms with E-state index in [2.05, 4.69) is 0 Å². The average molecular weight is 214 g/mol. The maximum atomic E-state index is 9.79.